The zero-order valence-corrected chi connectivity index (χ0v) is 15.3. The predicted molar refractivity (Wildman–Crippen MR) is 103 cm³/mol. The predicted octanol–water partition coefficient (Wildman–Crippen LogP) is 3.87. The van der Waals surface area contributed by atoms with Gasteiger partial charge in [-0.1, -0.05) is 48.0 Å². The Bertz CT molecular complexity index is 878. The van der Waals surface area contributed by atoms with Crippen LogP contribution in [-0.4, -0.2) is 22.3 Å². The summed E-state index contributed by atoms with van der Waals surface area (Å²) >= 11 is 0. The number of aromatic nitrogens is 2. The first-order valence-corrected chi connectivity index (χ1v) is 8.59. The maximum Gasteiger partial charge on any atom is 0.263 e. The van der Waals surface area contributed by atoms with Crippen molar-refractivity contribution >= 4 is 11.7 Å². The summed E-state index contributed by atoms with van der Waals surface area (Å²) in [7, 11) is 0. The second-order valence-electron chi connectivity index (χ2n) is 6.42. The molecule has 1 aromatic heterocycles. The van der Waals surface area contributed by atoms with E-state index in [0.717, 1.165) is 22.4 Å². The molecule has 134 valence electrons. The van der Waals surface area contributed by atoms with Crippen LogP contribution in [0.1, 0.15) is 22.3 Å². The van der Waals surface area contributed by atoms with Crippen molar-refractivity contribution in [2.45, 2.75) is 27.3 Å². The van der Waals surface area contributed by atoms with Gasteiger partial charge in [-0.25, -0.2) is 4.68 Å². The molecule has 3 rings (SSSR count). The third-order valence-electron chi connectivity index (χ3n) is 4.11. The van der Waals surface area contributed by atoms with Gasteiger partial charge >= 0.3 is 0 Å². The van der Waals surface area contributed by atoms with Gasteiger partial charge in [0.2, 0.25) is 0 Å². The van der Waals surface area contributed by atoms with Gasteiger partial charge in [-0.3, -0.25) is 4.79 Å². The number of hydrogen-bond acceptors (Lipinski definition) is 3. The summed E-state index contributed by atoms with van der Waals surface area (Å²) in [4.78, 5) is 12.3. The van der Waals surface area contributed by atoms with Crippen LogP contribution in [-0.2, 0) is 11.3 Å². The van der Waals surface area contributed by atoms with Crippen LogP contribution < -0.4 is 10.1 Å². The van der Waals surface area contributed by atoms with Crippen molar-refractivity contribution in [1.29, 1.82) is 0 Å². The first-order chi connectivity index (χ1) is 12.5. The first-order valence-electron chi connectivity index (χ1n) is 8.59. The molecule has 1 heterocycles. The molecule has 3 aromatic rings. The number of carbonyl (C=O) groups excluding carboxylic acids is 1. The third kappa shape index (κ3) is 4.30. The van der Waals surface area contributed by atoms with Crippen molar-refractivity contribution in [2.75, 3.05) is 11.9 Å². The lowest BCUT2D eigenvalue weighted by Crippen LogP contribution is -2.22. The van der Waals surface area contributed by atoms with E-state index < -0.39 is 0 Å². The fourth-order valence-corrected chi connectivity index (χ4v) is 3.03. The fourth-order valence-electron chi connectivity index (χ4n) is 3.03. The summed E-state index contributed by atoms with van der Waals surface area (Å²) in [6, 6.07) is 15.9. The van der Waals surface area contributed by atoms with Gasteiger partial charge in [-0.15, -0.1) is 0 Å². The van der Waals surface area contributed by atoms with Gasteiger partial charge in [0.25, 0.3) is 5.91 Å². The number of anilines is 1. The monoisotopic (exact) mass is 349 g/mol. The van der Waals surface area contributed by atoms with E-state index in [-0.39, 0.29) is 12.5 Å². The summed E-state index contributed by atoms with van der Waals surface area (Å²) < 4.78 is 7.51. The summed E-state index contributed by atoms with van der Waals surface area (Å²) in [6.07, 6.45) is 1.67. The van der Waals surface area contributed by atoms with Crippen LogP contribution in [0.3, 0.4) is 0 Å². The van der Waals surface area contributed by atoms with Crippen LogP contribution in [0.25, 0.3) is 0 Å². The molecule has 1 N–H and O–H groups in total. The van der Waals surface area contributed by atoms with Gasteiger partial charge < -0.3 is 10.1 Å². The number of hydrogen-bond donors (Lipinski definition) is 1. The number of amides is 1. The number of aryl methyl sites for hydroxylation is 3. The molecule has 0 aliphatic carbocycles. The molecule has 0 aliphatic heterocycles. The Hall–Kier alpha value is -3.08. The van der Waals surface area contributed by atoms with Crippen molar-refractivity contribution < 1.29 is 9.53 Å². The summed E-state index contributed by atoms with van der Waals surface area (Å²) in [5, 5.41) is 7.15. The van der Waals surface area contributed by atoms with E-state index in [9.17, 15) is 4.79 Å². The highest BCUT2D eigenvalue weighted by atomic mass is 16.5. The summed E-state index contributed by atoms with van der Waals surface area (Å²) in [5.41, 5.74) is 4.37. The Kier molecular flexibility index (Phi) is 5.37. The highest BCUT2D eigenvalue weighted by molar-refractivity contribution is 5.91. The second-order valence-corrected chi connectivity index (χ2v) is 6.42. The number of benzene rings is 2. The number of nitrogens with zero attached hydrogens (tertiary/aromatic N) is 2. The summed E-state index contributed by atoms with van der Waals surface area (Å²) in [6.45, 7) is 6.58. The van der Waals surface area contributed by atoms with Crippen molar-refractivity contribution in [3.8, 4) is 5.75 Å². The molecule has 0 radical (unpaired) electrons. The van der Waals surface area contributed by atoms with E-state index >= 15 is 0 Å². The zero-order chi connectivity index (χ0) is 18.5. The number of rotatable bonds is 6. The van der Waals surface area contributed by atoms with Gasteiger partial charge in [-0.05, 0) is 37.5 Å². The fraction of sp³-hybridized carbons (Fsp3) is 0.238. The SMILES string of the molecule is Cc1cc(C)c(OCC(=O)Nc2ccnn2Cc2ccccc2)c(C)c1. The second kappa shape index (κ2) is 7.87. The van der Waals surface area contributed by atoms with Crippen molar-refractivity contribution in [2.24, 2.45) is 0 Å². The third-order valence-corrected chi connectivity index (χ3v) is 4.11. The molecule has 2 aromatic carbocycles. The molecule has 5 heteroatoms. The van der Waals surface area contributed by atoms with Crippen LogP contribution in [0.4, 0.5) is 5.82 Å². The van der Waals surface area contributed by atoms with Crippen LogP contribution in [0.5, 0.6) is 5.75 Å². The van der Waals surface area contributed by atoms with Gasteiger partial charge in [-0.2, -0.15) is 5.10 Å². The van der Waals surface area contributed by atoms with Crippen molar-refractivity contribution in [3.05, 3.63) is 77.0 Å². The molecule has 0 saturated carbocycles. The zero-order valence-electron chi connectivity index (χ0n) is 15.3. The van der Waals surface area contributed by atoms with Gasteiger partial charge in [0.15, 0.2) is 6.61 Å². The molecule has 0 spiro atoms. The van der Waals surface area contributed by atoms with Gasteiger partial charge in [0, 0.05) is 6.07 Å². The highest BCUT2D eigenvalue weighted by Crippen LogP contribution is 2.24. The Balaban J connectivity index is 1.62. The highest BCUT2D eigenvalue weighted by Gasteiger charge is 2.11. The molecule has 0 aliphatic rings. The lowest BCUT2D eigenvalue weighted by molar-refractivity contribution is -0.118. The molecule has 1 amide bonds. The van der Waals surface area contributed by atoms with E-state index in [1.165, 1.54) is 5.56 Å². The lowest BCUT2D eigenvalue weighted by atomic mass is 10.1. The molecule has 26 heavy (non-hydrogen) atoms. The molecule has 0 saturated heterocycles. The maximum absolute atomic E-state index is 12.3. The van der Waals surface area contributed by atoms with Crippen molar-refractivity contribution in [3.63, 3.8) is 0 Å². The van der Waals surface area contributed by atoms with Crippen molar-refractivity contribution in [1.82, 2.24) is 9.78 Å². The number of carbonyl (C=O) groups is 1. The molecule has 5 nitrogen and oxygen atoms in total. The minimum Gasteiger partial charge on any atom is -0.483 e. The molecular weight excluding hydrogens is 326 g/mol. The number of nitrogens with one attached hydrogen (secondary N) is 1. The Morgan fingerprint density at radius 1 is 1.08 bits per heavy atom. The molecule has 0 atom stereocenters. The maximum atomic E-state index is 12.3. The topological polar surface area (TPSA) is 56.1 Å². The Morgan fingerprint density at radius 3 is 2.46 bits per heavy atom. The number of ether oxygens (including phenoxy) is 1. The van der Waals surface area contributed by atoms with Crippen LogP contribution >= 0.6 is 0 Å². The van der Waals surface area contributed by atoms with E-state index in [4.69, 9.17) is 4.74 Å². The minimum atomic E-state index is -0.209. The van der Waals surface area contributed by atoms with E-state index in [0.29, 0.717) is 12.4 Å². The smallest absolute Gasteiger partial charge is 0.263 e. The minimum absolute atomic E-state index is 0.0404. The van der Waals surface area contributed by atoms with E-state index in [1.54, 1.807) is 16.9 Å². The molecule has 0 bridgehead atoms. The molecule has 0 fully saturated rings. The summed E-state index contributed by atoms with van der Waals surface area (Å²) in [5.74, 6) is 1.21. The van der Waals surface area contributed by atoms with E-state index in [1.807, 2.05) is 51.1 Å². The first kappa shape index (κ1) is 17.7. The van der Waals surface area contributed by atoms with Crippen LogP contribution in [0.2, 0.25) is 0 Å². The standard InChI is InChI=1S/C21H23N3O2/c1-15-11-16(2)21(17(3)12-15)26-14-20(25)23-19-9-10-22-24(19)13-18-7-5-4-6-8-18/h4-12H,13-14H2,1-3H3,(H,23,25). The normalized spacial score (nSPS) is 10.6. The largest absolute Gasteiger partial charge is 0.483 e. The van der Waals surface area contributed by atoms with Crippen LogP contribution in [0.15, 0.2) is 54.7 Å². The average molecular weight is 349 g/mol. The lowest BCUT2D eigenvalue weighted by Gasteiger charge is -2.13. The molecular formula is C21H23N3O2. The van der Waals surface area contributed by atoms with E-state index in [2.05, 4.69) is 22.5 Å². The quantitative estimate of drug-likeness (QED) is 0.735. The van der Waals surface area contributed by atoms with Gasteiger partial charge in [0.05, 0.1) is 12.7 Å². The molecule has 0 unspecified atom stereocenters. The Morgan fingerprint density at radius 2 is 1.77 bits per heavy atom. The Labute approximate surface area is 153 Å². The average Bonchev–Trinajstić information content (AvgIpc) is 3.01. The van der Waals surface area contributed by atoms with Gasteiger partial charge in [0.1, 0.15) is 11.6 Å². The van der Waals surface area contributed by atoms with Crippen LogP contribution in [0, 0.1) is 20.8 Å².